The lowest BCUT2D eigenvalue weighted by molar-refractivity contribution is 0.0696. The molecule has 9 heteroatoms. The number of aliphatic hydroxyl groups excluding tert-OH is 1. The topological polar surface area (TPSA) is 88.0 Å². The maximum absolute atomic E-state index is 12.1. The van der Waals surface area contributed by atoms with Crippen molar-refractivity contribution in [1.82, 2.24) is 0 Å². The van der Waals surface area contributed by atoms with E-state index in [-0.39, 0.29) is 5.56 Å². The molecule has 0 radical (unpaired) electrons. The molecule has 0 amide bonds. The van der Waals surface area contributed by atoms with E-state index in [0.717, 1.165) is 47.2 Å². The summed E-state index contributed by atoms with van der Waals surface area (Å²) >= 11 is 3.74. The molecule has 1 heterocycles. The lowest BCUT2D eigenvalue weighted by atomic mass is 10.1. The van der Waals surface area contributed by atoms with E-state index in [1.807, 2.05) is 19.1 Å². The normalized spacial score (nSPS) is 12.6. The van der Waals surface area contributed by atoms with Gasteiger partial charge in [0.1, 0.15) is 29.7 Å². The Balaban J connectivity index is 0.000000320. The predicted octanol–water partition coefficient (Wildman–Crippen LogP) is 5.34. The van der Waals surface area contributed by atoms with Gasteiger partial charge in [0.25, 0.3) is 0 Å². The second-order valence-corrected chi connectivity index (χ2v) is 8.43. The van der Waals surface area contributed by atoms with Crippen LogP contribution >= 0.6 is 12.6 Å². The Labute approximate surface area is 207 Å². The SMILES string of the molecule is CCC(O)CNc1cc2c(cc1OCc1ccc(C(=O)O)cc1)OCC2.Fc1cc(F)cc(S)c1. The van der Waals surface area contributed by atoms with Crippen LogP contribution in [0, 0.1) is 11.6 Å². The Morgan fingerprint density at radius 1 is 1.14 bits per heavy atom. The average molecular weight is 504 g/mol. The van der Waals surface area contributed by atoms with Crippen LogP contribution in [0.5, 0.6) is 11.5 Å². The van der Waals surface area contributed by atoms with Crippen LogP contribution in [0.25, 0.3) is 0 Å². The zero-order valence-corrected chi connectivity index (χ0v) is 20.0. The number of fused-ring (bicyclic) bond motifs is 1. The third-order valence-corrected chi connectivity index (χ3v) is 5.49. The van der Waals surface area contributed by atoms with Gasteiger partial charge in [-0.25, -0.2) is 13.6 Å². The number of aliphatic hydroxyl groups is 1. The highest BCUT2D eigenvalue weighted by Crippen LogP contribution is 2.36. The van der Waals surface area contributed by atoms with Crippen LogP contribution in [0.2, 0.25) is 0 Å². The average Bonchev–Trinajstić information content (AvgIpc) is 3.28. The number of halogens is 2. The summed E-state index contributed by atoms with van der Waals surface area (Å²) in [6, 6.07) is 13.6. The Morgan fingerprint density at radius 3 is 2.43 bits per heavy atom. The maximum Gasteiger partial charge on any atom is 0.335 e. The van der Waals surface area contributed by atoms with Crippen LogP contribution in [-0.4, -0.2) is 35.4 Å². The monoisotopic (exact) mass is 503 g/mol. The van der Waals surface area contributed by atoms with Gasteiger partial charge in [0.2, 0.25) is 0 Å². The van der Waals surface area contributed by atoms with Gasteiger partial charge in [0, 0.05) is 30.0 Å². The first-order valence-electron chi connectivity index (χ1n) is 11.1. The molecule has 186 valence electrons. The first kappa shape index (κ1) is 26.3. The minimum atomic E-state index is -0.950. The number of hydrogen-bond donors (Lipinski definition) is 4. The van der Waals surface area contributed by atoms with Crippen molar-refractivity contribution in [2.45, 2.75) is 37.4 Å². The number of hydrogen-bond acceptors (Lipinski definition) is 6. The number of ether oxygens (including phenoxy) is 2. The summed E-state index contributed by atoms with van der Waals surface area (Å²) in [5.74, 6) is -0.673. The quantitative estimate of drug-likeness (QED) is 0.311. The smallest absolute Gasteiger partial charge is 0.335 e. The van der Waals surface area contributed by atoms with Crippen molar-refractivity contribution in [2.75, 3.05) is 18.5 Å². The highest BCUT2D eigenvalue weighted by Gasteiger charge is 2.17. The number of carboxylic acids is 1. The summed E-state index contributed by atoms with van der Waals surface area (Å²) < 4.78 is 35.8. The lowest BCUT2D eigenvalue weighted by Crippen LogP contribution is -2.18. The zero-order valence-electron chi connectivity index (χ0n) is 19.1. The number of carboxylic acid groups (broad SMARTS) is 1. The van der Waals surface area contributed by atoms with E-state index in [4.69, 9.17) is 14.6 Å². The van der Waals surface area contributed by atoms with E-state index in [1.165, 1.54) is 0 Å². The molecule has 0 saturated heterocycles. The first-order valence-corrected chi connectivity index (χ1v) is 11.5. The molecule has 3 aromatic carbocycles. The fourth-order valence-electron chi connectivity index (χ4n) is 3.28. The van der Waals surface area contributed by atoms with Gasteiger partial charge in [-0.2, -0.15) is 0 Å². The Hall–Kier alpha value is -3.30. The standard InChI is InChI=1S/C20H23NO5.C6H4F2S/c1-2-16(22)11-21-17-9-15-7-8-25-18(15)10-19(17)26-12-13-3-5-14(6-4-13)20(23)24;7-4-1-5(8)3-6(9)2-4/h3-6,9-10,16,21-22H,2,7-8,11-12H2,1H3,(H,23,24);1-3,9H. The highest BCUT2D eigenvalue weighted by atomic mass is 32.1. The minimum Gasteiger partial charge on any atom is -0.493 e. The molecule has 6 nitrogen and oxygen atoms in total. The van der Waals surface area contributed by atoms with Gasteiger partial charge in [-0.05, 0) is 47.9 Å². The van der Waals surface area contributed by atoms with Gasteiger partial charge in [-0.15, -0.1) is 12.6 Å². The van der Waals surface area contributed by atoms with E-state index in [2.05, 4.69) is 17.9 Å². The van der Waals surface area contributed by atoms with Crippen molar-refractivity contribution >= 4 is 24.3 Å². The number of aromatic carboxylic acids is 1. The Bertz CT molecular complexity index is 1110. The number of anilines is 1. The molecular formula is C26H27F2NO5S. The minimum absolute atomic E-state index is 0.246. The molecule has 3 aromatic rings. The maximum atomic E-state index is 12.1. The molecule has 1 atom stereocenters. The molecule has 1 aliphatic rings. The van der Waals surface area contributed by atoms with Gasteiger partial charge in [-0.3, -0.25) is 0 Å². The second-order valence-electron chi connectivity index (χ2n) is 7.92. The van der Waals surface area contributed by atoms with Crippen LogP contribution in [0.3, 0.4) is 0 Å². The molecule has 1 unspecified atom stereocenters. The number of benzene rings is 3. The summed E-state index contributed by atoms with van der Waals surface area (Å²) in [6.45, 7) is 3.34. The van der Waals surface area contributed by atoms with Crippen molar-refractivity contribution in [3.63, 3.8) is 0 Å². The largest absolute Gasteiger partial charge is 0.493 e. The summed E-state index contributed by atoms with van der Waals surface area (Å²) in [4.78, 5) is 11.2. The van der Waals surface area contributed by atoms with Crippen LogP contribution in [0.1, 0.15) is 34.8 Å². The first-order chi connectivity index (χ1) is 16.7. The molecule has 3 N–H and O–H groups in total. The second kappa shape index (κ2) is 12.4. The van der Waals surface area contributed by atoms with E-state index >= 15 is 0 Å². The third-order valence-electron chi connectivity index (χ3n) is 5.23. The molecule has 0 spiro atoms. The van der Waals surface area contributed by atoms with Crippen LogP contribution < -0.4 is 14.8 Å². The van der Waals surface area contributed by atoms with Crippen molar-refractivity contribution in [3.05, 3.63) is 82.9 Å². The van der Waals surface area contributed by atoms with Gasteiger partial charge in [-0.1, -0.05) is 19.1 Å². The fourth-order valence-corrected chi connectivity index (χ4v) is 3.53. The predicted molar refractivity (Wildman–Crippen MR) is 132 cm³/mol. The highest BCUT2D eigenvalue weighted by molar-refractivity contribution is 7.80. The van der Waals surface area contributed by atoms with E-state index in [9.17, 15) is 18.7 Å². The van der Waals surface area contributed by atoms with E-state index in [1.54, 1.807) is 24.3 Å². The summed E-state index contributed by atoms with van der Waals surface area (Å²) in [6.07, 6.45) is 1.11. The molecule has 0 aromatic heterocycles. The summed E-state index contributed by atoms with van der Waals surface area (Å²) in [5.41, 5.74) is 3.06. The summed E-state index contributed by atoms with van der Waals surface area (Å²) in [7, 11) is 0. The molecule has 35 heavy (non-hydrogen) atoms. The van der Waals surface area contributed by atoms with Gasteiger partial charge in [0.15, 0.2) is 0 Å². The number of nitrogens with one attached hydrogen (secondary N) is 1. The molecule has 0 fully saturated rings. The van der Waals surface area contributed by atoms with Crippen molar-refractivity contribution in [1.29, 1.82) is 0 Å². The van der Waals surface area contributed by atoms with Gasteiger partial charge in [0.05, 0.1) is 24.0 Å². The number of carbonyl (C=O) groups is 1. The third kappa shape index (κ3) is 7.87. The molecule has 1 aliphatic heterocycles. The lowest BCUT2D eigenvalue weighted by Gasteiger charge is -2.17. The van der Waals surface area contributed by atoms with Crippen molar-refractivity contribution in [2.24, 2.45) is 0 Å². The molecule has 0 saturated carbocycles. The molecule has 0 bridgehead atoms. The van der Waals surface area contributed by atoms with Crippen molar-refractivity contribution < 1.29 is 33.3 Å². The van der Waals surface area contributed by atoms with Gasteiger partial charge >= 0.3 is 5.97 Å². The van der Waals surface area contributed by atoms with E-state index < -0.39 is 23.7 Å². The van der Waals surface area contributed by atoms with E-state index in [0.29, 0.717) is 36.8 Å². The van der Waals surface area contributed by atoms with Crippen LogP contribution in [0.4, 0.5) is 14.5 Å². The van der Waals surface area contributed by atoms with Crippen LogP contribution in [-0.2, 0) is 13.0 Å². The van der Waals surface area contributed by atoms with Crippen LogP contribution in [0.15, 0.2) is 59.5 Å². The zero-order chi connectivity index (χ0) is 25.4. The Morgan fingerprint density at radius 2 is 1.83 bits per heavy atom. The van der Waals surface area contributed by atoms with Gasteiger partial charge < -0.3 is 25.0 Å². The molecular weight excluding hydrogens is 476 g/mol. The number of rotatable bonds is 8. The molecule has 0 aliphatic carbocycles. The molecule has 4 rings (SSSR count). The summed E-state index contributed by atoms with van der Waals surface area (Å²) in [5, 5.41) is 22.0. The number of thiol groups is 1. The Kier molecular flexibility index (Phi) is 9.33. The fraction of sp³-hybridized carbons (Fsp3) is 0.269. The van der Waals surface area contributed by atoms with Crippen molar-refractivity contribution in [3.8, 4) is 11.5 Å².